The van der Waals surface area contributed by atoms with Gasteiger partial charge in [0, 0.05) is 43.7 Å². The summed E-state index contributed by atoms with van der Waals surface area (Å²) in [5.74, 6) is 0.200. The van der Waals surface area contributed by atoms with Crippen molar-refractivity contribution < 1.29 is 13.2 Å². The minimum atomic E-state index is -3.55. The number of hydrogen-bond acceptors (Lipinski definition) is 4. The fourth-order valence-electron chi connectivity index (χ4n) is 4.04. The molecule has 0 bridgehead atoms. The lowest BCUT2D eigenvalue weighted by molar-refractivity contribution is -0.111. The second-order valence-corrected chi connectivity index (χ2v) is 10.3. The smallest absolute Gasteiger partial charge is 0.248 e. The molecule has 1 fully saturated rings. The first-order valence-electron chi connectivity index (χ1n) is 11.0. The van der Waals surface area contributed by atoms with Crippen LogP contribution in [0.5, 0.6) is 0 Å². The molecule has 0 aliphatic carbocycles. The summed E-state index contributed by atoms with van der Waals surface area (Å²) in [5.41, 5.74) is 2.66. The van der Waals surface area contributed by atoms with Crippen LogP contribution in [0.3, 0.4) is 0 Å². The van der Waals surface area contributed by atoms with Gasteiger partial charge in [-0.25, -0.2) is 8.42 Å². The van der Waals surface area contributed by atoms with Crippen LogP contribution in [0.25, 0.3) is 6.08 Å². The number of nitrogens with one attached hydrogen (secondary N) is 1. The summed E-state index contributed by atoms with van der Waals surface area (Å²) in [4.78, 5) is 12.4. The van der Waals surface area contributed by atoms with Crippen LogP contribution in [-0.2, 0) is 28.3 Å². The molecule has 2 aromatic carbocycles. The standard InChI is InChI=1S/C25H28N4O3S/c1-28-19-22(18-26-28)7-12-25(30)27-23-8-10-24(11-9-23)33(31,32)29-15-13-21(14-16-29)17-20-5-3-2-4-6-20/h2-12,18-19,21H,13-17H2,1H3,(H,27,30)/b12-7+. The normalized spacial score (nSPS) is 15.7. The monoisotopic (exact) mass is 464 g/mol. The van der Waals surface area contributed by atoms with Crippen LogP contribution < -0.4 is 5.32 Å². The van der Waals surface area contributed by atoms with Gasteiger partial charge in [0.25, 0.3) is 0 Å². The van der Waals surface area contributed by atoms with Crippen LogP contribution in [0, 0.1) is 5.92 Å². The van der Waals surface area contributed by atoms with Crippen molar-refractivity contribution in [3.05, 3.63) is 84.2 Å². The fraction of sp³-hybridized carbons (Fsp3) is 0.280. The maximum absolute atomic E-state index is 13.1. The van der Waals surface area contributed by atoms with Crippen molar-refractivity contribution in [3.63, 3.8) is 0 Å². The second kappa shape index (κ2) is 10.1. The minimum Gasteiger partial charge on any atom is -0.323 e. The van der Waals surface area contributed by atoms with E-state index in [1.807, 2.05) is 18.2 Å². The highest BCUT2D eigenvalue weighted by Crippen LogP contribution is 2.26. The van der Waals surface area contributed by atoms with E-state index in [0.717, 1.165) is 24.8 Å². The van der Waals surface area contributed by atoms with Gasteiger partial charge in [0.1, 0.15) is 0 Å². The first-order chi connectivity index (χ1) is 15.9. The molecule has 0 atom stereocenters. The summed E-state index contributed by atoms with van der Waals surface area (Å²) in [6.07, 6.45) is 9.24. The highest BCUT2D eigenvalue weighted by molar-refractivity contribution is 7.89. The van der Waals surface area contributed by atoms with Crippen molar-refractivity contribution in [1.29, 1.82) is 0 Å². The Hall–Kier alpha value is -3.23. The zero-order valence-electron chi connectivity index (χ0n) is 18.6. The number of aromatic nitrogens is 2. The lowest BCUT2D eigenvalue weighted by atomic mass is 9.91. The van der Waals surface area contributed by atoms with Gasteiger partial charge in [-0.2, -0.15) is 9.40 Å². The summed E-state index contributed by atoms with van der Waals surface area (Å²) in [6.45, 7) is 1.05. The zero-order chi connectivity index (χ0) is 23.3. The van der Waals surface area contributed by atoms with Gasteiger partial charge in [-0.05, 0) is 61.1 Å². The number of hydrogen-bond donors (Lipinski definition) is 1. The van der Waals surface area contributed by atoms with Crippen LogP contribution in [0.1, 0.15) is 24.0 Å². The van der Waals surface area contributed by atoms with Crippen molar-refractivity contribution in [2.24, 2.45) is 13.0 Å². The average molecular weight is 465 g/mol. The van der Waals surface area contributed by atoms with Crippen molar-refractivity contribution in [1.82, 2.24) is 14.1 Å². The van der Waals surface area contributed by atoms with Crippen molar-refractivity contribution in [3.8, 4) is 0 Å². The Morgan fingerprint density at radius 3 is 2.42 bits per heavy atom. The molecule has 7 nitrogen and oxygen atoms in total. The summed E-state index contributed by atoms with van der Waals surface area (Å²) in [5, 5.41) is 6.79. The van der Waals surface area contributed by atoms with E-state index in [1.165, 1.54) is 11.6 Å². The molecule has 172 valence electrons. The predicted octanol–water partition coefficient (Wildman–Crippen LogP) is 3.72. The highest BCUT2D eigenvalue weighted by Gasteiger charge is 2.29. The maximum Gasteiger partial charge on any atom is 0.248 e. The van der Waals surface area contributed by atoms with E-state index in [4.69, 9.17) is 0 Å². The molecule has 0 unspecified atom stereocenters. The van der Waals surface area contributed by atoms with Crippen LogP contribution in [0.2, 0.25) is 0 Å². The molecule has 2 heterocycles. The number of piperidine rings is 1. The van der Waals surface area contributed by atoms with Gasteiger partial charge in [0.2, 0.25) is 15.9 Å². The summed E-state index contributed by atoms with van der Waals surface area (Å²) in [7, 11) is -1.74. The molecular formula is C25H28N4O3S. The van der Waals surface area contributed by atoms with Gasteiger partial charge < -0.3 is 5.32 Å². The van der Waals surface area contributed by atoms with Crippen molar-refractivity contribution >= 4 is 27.7 Å². The van der Waals surface area contributed by atoms with Gasteiger partial charge in [-0.3, -0.25) is 9.48 Å². The van der Waals surface area contributed by atoms with E-state index >= 15 is 0 Å². The Morgan fingerprint density at radius 2 is 1.79 bits per heavy atom. The Labute approximate surface area is 194 Å². The molecule has 3 aromatic rings. The third kappa shape index (κ3) is 5.97. The topological polar surface area (TPSA) is 84.3 Å². The van der Waals surface area contributed by atoms with Gasteiger partial charge in [-0.15, -0.1) is 0 Å². The molecule has 0 saturated carbocycles. The van der Waals surface area contributed by atoms with E-state index in [-0.39, 0.29) is 10.8 Å². The summed E-state index contributed by atoms with van der Waals surface area (Å²) < 4.78 is 29.4. The third-order valence-corrected chi connectivity index (χ3v) is 7.77. The number of rotatable bonds is 7. The van der Waals surface area contributed by atoms with E-state index in [9.17, 15) is 13.2 Å². The molecule has 1 aromatic heterocycles. The fourth-order valence-corrected chi connectivity index (χ4v) is 5.51. The molecule has 1 saturated heterocycles. The quantitative estimate of drug-likeness (QED) is 0.540. The Balaban J connectivity index is 1.32. The van der Waals surface area contributed by atoms with Gasteiger partial charge >= 0.3 is 0 Å². The third-order valence-electron chi connectivity index (χ3n) is 5.85. The number of anilines is 1. The zero-order valence-corrected chi connectivity index (χ0v) is 19.4. The first-order valence-corrected chi connectivity index (χ1v) is 12.5. The van der Waals surface area contributed by atoms with Crippen LogP contribution in [0.4, 0.5) is 5.69 Å². The molecule has 1 aliphatic heterocycles. The average Bonchev–Trinajstić information content (AvgIpc) is 3.24. The molecule has 0 spiro atoms. The molecule has 33 heavy (non-hydrogen) atoms. The lowest BCUT2D eigenvalue weighted by Gasteiger charge is -2.31. The second-order valence-electron chi connectivity index (χ2n) is 8.33. The number of carbonyl (C=O) groups is 1. The van der Waals surface area contributed by atoms with Crippen LogP contribution in [-0.4, -0.2) is 41.5 Å². The highest BCUT2D eigenvalue weighted by atomic mass is 32.2. The van der Waals surface area contributed by atoms with Crippen LogP contribution >= 0.6 is 0 Å². The molecule has 1 aliphatic rings. The molecule has 1 N–H and O–H groups in total. The largest absolute Gasteiger partial charge is 0.323 e. The molecule has 0 radical (unpaired) electrons. The van der Waals surface area contributed by atoms with Crippen LogP contribution in [0.15, 0.2) is 78.0 Å². The Bertz CT molecular complexity index is 1210. The minimum absolute atomic E-state index is 0.243. The van der Waals surface area contributed by atoms with Gasteiger partial charge in [0.15, 0.2) is 0 Å². The Kier molecular flexibility index (Phi) is 7.05. The SMILES string of the molecule is Cn1cc(/C=C/C(=O)Nc2ccc(S(=O)(=O)N3CCC(Cc4ccccc4)CC3)cc2)cn1. The van der Waals surface area contributed by atoms with Crippen molar-refractivity contribution in [2.75, 3.05) is 18.4 Å². The maximum atomic E-state index is 13.1. The predicted molar refractivity (Wildman–Crippen MR) is 129 cm³/mol. The molecule has 8 heteroatoms. The lowest BCUT2D eigenvalue weighted by Crippen LogP contribution is -2.38. The number of carbonyl (C=O) groups excluding carboxylic acids is 1. The summed E-state index contributed by atoms with van der Waals surface area (Å²) in [6, 6.07) is 16.7. The number of benzene rings is 2. The number of amides is 1. The van der Waals surface area contributed by atoms with Gasteiger partial charge in [0.05, 0.1) is 11.1 Å². The number of sulfonamides is 1. The Morgan fingerprint density at radius 1 is 1.09 bits per heavy atom. The summed E-state index contributed by atoms with van der Waals surface area (Å²) >= 11 is 0. The van der Waals surface area contributed by atoms with Gasteiger partial charge in [-0.1, -0.05) is 30.3 Å². The molecule has 1 amide bonds. The molecular weight excluding hydrogens is 436 g/mol. The van der Waals surface area contributed by atoms with E-state index in [1.54, 1.807) is 58.8 Å². The molecule has 4 rings (SSSR count). The van der Waals surface area contributed by atoms with E-state index < -0.39 is 10.0 Å². The first kappa shape index (κ1) is 22.9. The van der Waals surface area contributed by atoms with E-state index in [0.29, 0.717) is 24.7 Å². The van der Waals surface area contributed by atoms with E-state index in [2.05, 4.69) is 22.5 Å². The number of nitrogens with zero attached hydrogens (tertiary/aromatic N) is 3. The van der Waals surface area contributed by atoms with Crippen molar-refractivity contribution in [2.45, 2.75) is 24.2 Å². The number of aryl methyl sites for hydroxylation is 1.